The molecular weight excluding hydrogens is 226 g/mol. The lowest BCUT2D eigenvalue weighted by Gasteiger charge is -2.03. The van der Waals surface area contributed by atoms with E-state index < -0.39 is 9.05 Å². The first-order chi connectivity index (χ1) is 6.31. The van der Waals surface area contributed by atoms with Gasteiger partial charge in [-0.25, -0.2) is 8.42 Å². The second-order valence-electron chi connectivity index (χ2n) is 3.01. The number of carbonyl (C=O) groups excluding carboxylic acids is 1. The van der Waals surface area contributed by atoms with Crippen LogP contribution in [-0.4, -0.2) is 18.8 Å². The maximum absolute atomic E-state index is 11.0. The van der Waals surface area contributed by atoms with Gasteiger partial charge in [0.1, 0.15) is 5.75 Å². The molecule has 4 nitrogen and oxygen atoms in total. The second kappa shape index (κ2) is 3.74. The van der Waals surface area contributed by atoms with Gasteiger partial charge in [0.2, 0.25) is 9.05 Å². The summed E-state index contributed by atoms with van der Waals surface area (Å²) < 4.78 is 23.1. The molecule has 0 saturated carbocycles. The molecule has 1 rings (SSSR count). The third-order valence-corrected chi connectivity index (χ3v) is 2.87. The van der Waals surface area contributed by atoms with Crippen LogP contribution in [0.1, 0.15) is 23.1 Å². The summed E-state index contributed by atoms with van der Waals surface area (Å²) in [6.07, 6.45) is 0. The van der Waals surface area contributed by atoms with Crippen molar-refractivity contribution < 1.29 is 13.2 Å². The van der Waals surface area contributed by atoms with E-state index in [0.717, 1.165) is 0 Å². The van der Waals surface area contributed by atoms with Crippen LogP contribution in [0.3, 0.4) is 0 Å². The van der Waals surface area contributed by atoms with Crippen molar-refractivity contribution in [2.75, 3.05) is 0 Å². The molecule has 0 aliphatic carbocycles. The average molecular weight is 236 g/mol. The number of halogens is 1. The van der Waals surface area contributed by atoms with Crippen LogP contribution < -0.4 is 0 Å². The summed E-state index contributed by atoms with van der Waals surface area (Å²) >= 11 is 0. The van der Waals surface area contributed by atoms with Crippen LogP contribution in [-0.2, 0) is 21.9 Å². The number of ketones is 1. The van der Waals surface area contributed by atoms with E-state index in [0.29, 0.717) is 11.4 Å². The second-order valence-corrected chi connectivity index (χ2v) is 5.79. The van der Waals surface area contributed by atoms with Gasteiger partial charge in [-0.1, -0.05) is 0 Å². The quantitative estimate of drug-likeness (QED) is 0.586. The Morgan fingerprint density at radius 3 is 2.43 bits per heavy atom. The third-order valence-electron chi connectivity index (χ3n) is 1.91. The highest BCUT2D eigenvalue weighted by molar-refractivity contribution is 8.13. The van der Waals surface area contributed by atoms with E-state index in [4.69, 9.17) is 10.7 Å². The Balaban J connectivity index is 3.08. The Labute approximate surface area is 86.9 Å². The highest BCUT2D eigenvalue weighted by Gasteiger charge is 2.13. The number of aromatic nitrogens is 1. The lowest BCUT2D eigenvalue weighted by atomic mass is 10.3. The van der Waals surface area contributed by atoms with Crippen molar-refractivity contribution in [2.45, 2.75) is 12.7 Å². The number of hydrogen-bond donors (Lipinski definition) is 0. The van der Waals surface area contributed by atoms with Gasteiger partial charge >= 0.3 is 0 Å². The Kier molecular flexibility index (Phi) is 3.01. The number of nitrogens with zero attached hydrogens (tertiary/aromatic N) is 1. The number of rotatable bonds is 3. The molecular formula is C8H10ClNO3S. The fraction of sp³-hybridized carbons (Fsp3) is 0.375. The third kappa shape index (κ3) is 2.59. The Hall–Kier alpha value is -0.810. The monoisotopic (exact) mass is 235 g/mol. The summed E-state index contributed by atoms with van der Waals surface area (Å²) in [5.41, 5.74) is 0.977. The molecule has 0 bridgehead atoms. The van der Waals surface area contributed by atoms with Crippen LogP contribution in [0, 0.1) is 0 Å². The molecule has 1 aromatic rings. The first kappa shape index (κ1) is 11.3. The van der Waals surface area contributed by atoms with Crippen LogP contribution in [0.25, 0.3) is 0 Å². The zero-order chi connectivity index (χ0) is 10.9. The van der Waals surface area contributed by atoms with Crippen molar-refractivity contribution in [3.63, 3.8) is 0 Å². The van der Waals surface area contributed by atoms with Gasteiger partial charge in [-0.3, -0.25) is 4.79 Å². The smallest absolute Gasteiger partial charge is 0.238 e. The van der Waals surface area contributed by atoms with Crippen molar-refractivity contribution in [1.82, 2.24) is 4.57 Å². The zero-order valence-corrected chi connectivity index (χ0v) is 9.39. The van der Waals surface area contributed by atoms with Gasteiger partial charge in [0.25, 0.3) is 0 Å². The number of Topliss-reactive ketones (excluding diaryl/α,β-unsaturated/α-hetero) is 1. The number of hydrogen-bond acceptors (Lipinski definition) is 3. The summed E-state index contributed by atoms with van der Waals surface area (Å²) in [6.45, 7) is 1.42. The van der Waals surface area contributed by atoms with Crippen LogP contribution in [0.2, 0.25) is 0 Å². The van der Waals surface area contributed by atoms with Crippen molar-refractivity contribution in [3.05, 3.63) is 23.5 Å². The zero-order valence-electron chi connectivity index (χ0n) is 7.82. The minimum Gasteiger partial charge on any atom is -0.344 e. The predicted molar refractivity (Wildman–Crippen MR) is 53.9 cm³/mol. The first-order valence-electron chi connectivity index (χ1n) is 3.89. The van der Waals surface area contributed by atoms with Gasteiger partial charge in [0, 0.05) is 30.3 Å². The fourth-order valence-corrected chi connectivity index (χ4v) is 2.21. The number of carbonyl (C=O) groups is 1. The van der Waals surface area contributed by atoms with E-state index in [9.17, 15) is 13.2 Å². The van der Waals surface area contributed by atoms with Crippen molar-refractivity contribution in [3.8, 4) is 0 Å². The molecule has 6 heteroatoms. The van der Waals surface area contributed by atoms with Gasteiger partial charge < -0.3 is 4.57 Å². The van der Waals surface area contributed by atoms with Crippen LogP contribution in [0.15, 0.2) is 12.1 Å². The molecule has 0 aliphatic rings. The molecule has 0 radical (unpaired) electrons. The van der Waals surface area contributed by atoms with Crippen molar-refractivity contribution in [2.24, 2.45) is 7.05 Å². The van der Waals surface area contributed by atoms with Crippen LogP contribution >= 0.6 is 10.7 Å². The Morgan fingerprint density at radius 2 is 2.07 bits per heavy atom. The van der Waals surface area contributed by atoms with Gasteiger partial charge in [-0.05, 0) is 12.1 Å². The van der Waals surface area contributed by atoms with Gasteiger partial charge in [-0.2, -0.15) is 0 Å². The van der Waals surface area contributed by atoms with E-state index in [-0.39, 0.29) is 11.5 Å². The lowest BCUT2D eigenvalue weighted by Crippen LogP contribution is -2.07. The van der Waals surface area contributed by atoms with Crippen LogP contribution in [0.4, 0.5) is 0 Å². The average Bonchev–Trinajstić information content (AvgIpc) is 2.29. The van der Waals surface area contributed by atoms with E-state index in [1.54, 1.807) is 19.2 Å². The topological polar surface area (TPSA) is 56.1 Å². The van der Waals surface area contributed by atoms with Crippen LogP contribution in [0.5, 0.6) is 0 Å². The molecule has 1 aromatic heterocycles. The van der Waals surface area contributed by atoms with E-state index in [1.807, 2.05) is 0 Å². The molecule has 0 fully saturated rings. The lowest BCUT2D eigenvalue weighted by molar-refractivity contribution is 0.101. The normalized spacial score (nSPS) is 11.6. The van der Waals surface area contributed by atoms with Crippen molar-refractivity contribution in [1.29, 1.82) is 0 Å². The van der Waals surface area contributed by atoms with Gasteiger partial charge in [0.05, 0.1) is 5.69 Å². The molecule has 14 heavy (non-hydrogen) atoms. The molecule has 0 N–H and O–H groups in total. The van der Waals surface area contributed by atoms with E-state index in [2.05, 4.69) is 0 Å². The maximum Gasteiger partial charge on any atom is 0.238 e. The Morgan fingerprint density at radius 1 is 1.50 bits per heavy atom. The fourth-order valence-electron chi connectivity index (χ4n) is 1.23. The highest BCUT2D eigenvalue weighted by Crippen LogP contribution is 2.13. The molecule has 0 aromatic carbocycles. The Bertz CT molecular complexity index is 461. The predicted octanol–water partition coefficient (Wildman–Crippen LogP) is 1.30. The molecule has 78 valence electrons. The first-order valence-corrected chi connectivity index (χ1v) is 6.37. The summed E-state index contributed by atoms with van der Waals surface area (Å²) in [7, 11) is 3.16. The van der Waals surface area contributed by atoms with Crippen molar-refractivity contribution >= 4 is 25.5 Å². The summed E-state index contributed by atoms with van der Waals surface area (Å²) in [4.78, 5) is 11.0. The molecule has 0 atom stereocenters. The molecule has 0 spiro atoms. The van der Waals surface area contributed by atoms with Gasteiger partial charge in [-0.15, -0.1) is 0 Å². The minimum absolute atomic E-state index is 0.106. The standard InChI is InChI=1S/C8H10ClNO3S/c1-6(11)8-4-3-7(10(8)2)5-14(9,12)13/h3-4H,5H2,1-2H3. The minimum atomic E-state index is -3.57. The molecule has 0 saturated heterocycles. The van der Waals surface area contributed by atoms with E-state index in [1.165, 1.54) is 11.5 Å². The SMILES string of the molecule is CC(=O)c1ccc(CS(=O)(=O)Cl)n1C. The maximum atomic E-state index is 11.0. The highest BCUT2D eigenvalue weighted by atomic mass is 35.7. The molecule has 0 unspecified atom stereocenters. The van der Waals surface area contributed by atoms with Gasteiger partial charge in [0.15, 0.2) is 5.78 Å². The summed E-state index contributed by atoms with van der Waals surface area (Å²) in [5, 5.41) is 0. The molecule has 0 aliphatic heterocycles. The van der Waals surface area contributed by atoms with E-state index >= 15 is 0 Å². The molecule has 0 amide bonds. The summed E-state index contributed by atoms with van der Waals surface area (Å²) in [6, 6.07) is 3.16. The largest absolute Gasteiger partial charge is 0.344 e. The summed E-state index contributed by atoms with van der Waals surface area (Å²) in [5.74, 6) is -0.371. The molecule has 1 heterocycles.